The Balaban J connectivity index is 2.58. The van der Waals surface area contributed by atoms with Gasteiger partial charge in [-0.2, -0.15) is 5.10 Å². The first kappa shape index (κ1) is 14.5. The van der Waals surface area contributed by atoms with Gasteiger partial charge in [0, 0.05) is 19.5 Å². The molecule has 0 aliphatic carbocycles. The van der Waals surface area contributed by atoms with Gasteiger partial charge in [0.15, 0.2) is 0 Å². The van der Waals surface area contributed by atoms with Crippen molar-refractivity contribution >= 4 is 11.6 Å². The molecule has 1 unspecified atom stereocenters. The molecule has 0 fully saturated rings. The van der Waals surface area contributed by atoms with Gasteiger partial charge in [0.05, 0.1) is 16.4 Å². The van der Waals surface area contributed by atoms with Crippen LogP contribution in [0.25, 0.3) is 0 Å². The van der Waals surface area contributed by atoms with E-state index in [1.807, 2.05) is 11.7 Å². The van der Waals surface area contributed by atoms with E-state index in [0.717, 1.165) is 35.7 Å². The molecule has 1 atom stereocenters. The summed E-state index contributed by atoms with van der Waals surface area (Å²) in [7, 11) is 1.94. The maximum absolute atomic E-state index is 6.30. The molecule has 2 N–H and O–H groups in total. The molecule has 1 heterocycles. The quantitative estimate of drug-likeness (QED) is 0.763. The zero-order valence-electron chi connectivity index (χ0n) is 11.2. The molecular weight excluding hydrogens is 234 g/mol. The van der Waals surface area contributed by atoms with Gasteiger partial charge in [-0.25, -0.2) is 0 Å². The number of nitrogens with two attached hydrogens (primary N) is 1. The minimum Gasteiger partial charge on any atom is -0.327 e. The second kappa shape index (κ2) is 7.02. The molecule has 0 aliphatic rings. The lowest BCUT2D eigenvalue weighted by Gasteiger charge is -2.11. The van der Waals surface area contributed by atoms with Crippen LogP contribution in [0, 0.1) is 0 Å². The molecule has 0 aromatic carbocycles. The topological polar surface area (TPSA) is 43.8 Å². The molecule has 0 aliphatic heterocycles. The van der Waals surface area contributed by atoms with Crippen molar-refractivity contribution < 1.29 is 0 Å². The molecule has 0 radical (unpaired) electrons. The Morgan fingerprint density at radius 1 is 1.35 bits per heavy atom. The molecule has 0 spiro atoms. The van der Waals surface area contributed by atoms with E-state index in [-0.39, 0.29) is 6.04 Å². The van der Waals surface area contributed by atoms with Crippen LogP contribution in [0.15, 0.2) is 0 Å². The van der Waals surface area contributed by atoms with Gasteiger partial charge in [-0.1, -0.05) is 44.7 Å². The fraction of sp³-hybridized carbons (Fsp3) is 0.769. The Morgan fingerprint density at radius 3 is 2.59 bits per heavy atom. The van der Waals surface area contributed by atoms with Crippen molar-refractivity contribution in [3.05, 3.63) is 16.4 Å². The van der Waals surface area contributed by atoms with Gasteiger partial charge in [-0.05, 0) is 12.8 Å². The molecular formula is C13H24ClN3. The highest BCUT2D eigenvalue weighted by Gasteiger charge is 2.15. The van der Waals surface area contributed by atoms with Gasteiger partial charge in [-0.15, -0.1) is 0 Å². The standard InChI is InChI=1S/C13H24ClN3/c1-4-6-7-8-10(15)9-12-13(14)11(5-2)16-17(12)3/h10H,4-9,15H2,1-3H3. The second-order valence-electron chi connectivity index (χ2n) is 4.64. The van der Waals surface area contributed by atoms with Crippen molar-refractivity contribution in [1.29, 1.82) is 0 Å². The van der Waals surface area contributed by atoms with Crippen LogP contribution in [0.3, 0.4) is 0 Å². The van der Waals surface area contributed by atoms with E-state index in [2.05, 4.69) is 18.9 Å². The van der Waals surface area contributed by atoms with Crippen LogP contribution in [-0.4, -0.2) is 15.8 Å². The number of hydrogen-bond donors (Lipinski definition) is 1. The van der Waals surface area contributed by atoms with Gasteiger partial charge >= 0.3 is 0 Å². The Kier molecular flexibility index (Phi) is 6.00. The third-order valence-corrected chi connectivity index (χ3v) is 3.57. The fourth-order valence-electron chi connectivity index (χ4n) is 2.05. The van der Waals surface area contributed by atoms with Crippen LogP contribution in [0.5, 0.6) is 0 Å². The summed E-state index contributed by atoms with van der Waals surface area (Å²) in [5, 5.41) is 5.21. The summed E-state index contributed by atoms with van der Waals surface area (Å²) in [6, 6.07) is 0.194. The van der Waals surface area contributed by atoms with Crippen molar-refractivity contribution in [2.45, 2.75) is 58.4 Å². The maximum atomic E-state index is 6.30. The van der Waals surface area contributed by atoms with Gasteiger partial charge in [-0.3, -0.25) is 4.68 Å². The Labute approximate surface area is 109 Å². The Hall–Kier alpha value is -0.540. The molecule has 17 heavy (non-hydrogen) atoms. The SMILES string of the molecule is CCCCCC(N)Cc1c(Cl)c(CC)nn1C. The van der Waals surface area contributed by atoms with Crippen LogP contribution in [0.1, 0.15) is 50.9 Å². The highest BCUT2D eigenvalue weighted by atomic mass is 35.5. The number of aromatic nitrogens is 2. The highest BCUT2D eigenvalue weighted by Crippen LogP contribution is 2.22. The van der Waals surface area contributed by atoms with E-state index in [1.165, 1.54) is 19.3 Å². The van der Waals surface area contributed by atoms with Crippen molar-refractivity contribution in [3.8, 4) is 0 Å². The number of hydrogen-bond acceptors (Lipinski definition) is 2. The zero-order chi connectivity index (χ0) is 12.8. The summed E-state index contributed by atoms with van der Waals surface area (Å²) in [6.45, 7) is 4.27. The number of unbranched alkanes of at least 4 members (excludes halogenated alkanes) is 2. The van der Waals surface area contributed by atoms with Crippen molar-refractivity contribution in [3.63, 3.8) is 0 Å². The van der Waals surface area contributed by atoms with E-state index < -0.39 is 0 Å². The van der Waals surface area contributed by atoms with Gasteiger partial charge < -0.3 is 5.73 Å². The van der Waals surface area contributed by atoms with E-state index in [4.69, 9.17) is 17.3 Å². The fourth-order valence-corrected chi connectivity index (χ4v) is 2.42. The smallest absolute Gasteiger partial charge is 0.0850 e. The molecule has 0 saturated heterocycles. The zero-order valence-corrected chi connectivity index (χ0v) is 11.9. The van der Waals surface area contributed by atoms with E-state index in [0.29, 0.717) is 0 Å². The lowest BCUT2D eigenvalue weighted by atomic mass is 10.0. The monoisotopic (exact) mass is 257 g/mol. The number of rotatable bonds is 7. The van der Waals surface area contributed by atoms with Crippen LogP contribution in [0.4, 0.5) is 0 Å². The summed E-state index contributed by atoms with van der Waals surface area (Å²) in [5.41, 5.74) is 8.19. The summed E-state index contributed by atoms with van der Waals surface area (Å²) >= 11 is 6.30. The molecule has 0 amide bonds. The molecule has 1 aromatic heterocycles. The van der Waals surface area contributed by atoms with Gasteiger partial charge in [0.25, 0.3) is 0 Å². The van der Waals surface area contributed by atoms with Crippen LogP contribution >= 0.6 is 11.6 Å². The van der Waals surface area contributed by atoms with Gasteiger partial charge in [0.2, 0.25) is 0 Å². The summed E-state index contributed by atoms with van der Waals surface area (Å²) in [5.74, 6) is 0. The van der Waals surface area contributed by atoms with E-state index in [1.54, 1.807) is 0 Å². The number of halogens is 1. The largest absolute Gasteiger partial charge is 0.327 e. The minimum absolute atomic E-state index is 0.194. The molecule has 98 valence electrons. The first-order chi connectivity index (χ1) is 8.10. The Morgan fingerprint density at radius 2 is 2.06 bits per heavy atom. The van der Waals surface area contributed by atoms with Crippen LogP contribution in [0.2, 0.25) is 5.02 Å². The van der Waals surface area contributed by atoms with E-state index in [9.17, 15) is 0 Å². The van der Waals surface area contributed by atoms with Crippen molar-refractivity contribution in [2.24, 2.45) is 12.8 Å². The molecule has 0 saturated carbocycles. The van der Waals surface area contributed by atoms with E-state index >= 15 is 0 Å². The first-order valence-electron chi connectivity index (χ1n) is 6.55. The minimum atomic E-state index is 0.194. The summed E-state index contributed by atoms with van der Waals surface area (Å²) in [6.07, 6.45) is 6.46. The molecule has 0 bridgehead atoms. The van der Waals surface area contributed by atoms with Crippen LogP contribution in [-0.2, 0) is 19.9 Å². The number of aryl methyl sites for hydroxylation is 2. The van der Waals surface area contributed by atoms with Crippen LogP contribution < -0.4 is 5.73 Å². The maximum Gasteiger partial charge on any atom is 0.0850 e. The summed E-state index contributed by atoms with van der Waals surface area (Å²) < 4.78 is 1.88. The average Bonchev–Trinajstić information content (AvgIpc) is 2.57. The Bertz CT molecular complexity index is 347. The summed E-state index contributed by atoms with van der Waals surface area (Å²) in [4.78, 5) is 0. The molecule has 3 nitrogen and oxygen atoms in total. The van der Waals surface area contributed by atoms with Crippen molar-refractivity contribution in [1.82, 2.24) is 9.78 Å². The predicted octanol–water partition coefficient (Wildman–Crippen LogP) is 3.09. The predicted molar refractivity (Wildman–Crippen MR) is 73.4 cm³/mol. The normalized spacial score (nSPS) is 13.0. The van der Waals surface area contributed by atoms with Crippen molar-refractivity contribution in [2.75, 3.05) is 0 Å². The first-order valence-corrected chi connectivity index (χ1v) is 6.93. The molecule has 1 rings (SSSR count). The second-order valence-corrected chi connectivity index (χ2v) is 5.02. The lowest BCUT2D eigenvalue weighted by Crippen LogP contribution is -2.24. The average molecular weight is 258 g/mol. The molecule has 1 aromatic rings. The molecule has 4 heteroatoms. The lowest BCUT2D eigenvalue weighted by molar-refractivity contribution is 0.539. The third kappa shape index (κ3) is 4.00. The third-order valence-electron chi connectivity index (χ3n) is 3.14. The highest BCUT2D eigenvalue weighted by molar-refractivity contribution is 6.31. The van der Waals surface area contributed by atoms with Gasteiger partial charge in [0.1, 0.15) is 0 Å². The number of nitrogens with zero attached hydrogens (tertiary/aromatic N) is 2.